The molecule has 154 valence electrons. The predicted octanol–water partition coefficient (Wildman–Crippen LogP) is 2.43. The lowest BCUT2D eigenvalue weighted by Crippen LogP contribution is -2.54. The first-order chi connectivity index (χ1) is 14.9. The number of carbonyl (C=O) groups excluding carboxylic acids is 2. The van der Waals surface area contributed by atoms with E-state index in [1.807, 2.05) is 0 Å². The SMILES string of the molecule is O=C1NC(=S)N(c2ccccc2)C(=O)C1=Cc1c(O)n(-c2ccccc2)c(=S)[nH]c1=O. The van der Waals surface area contributed by atoms with Gasteiger partial charge in [-0.25, -0.2) is 0 Å². The van der Waals surface area contributed by atoms with Crippen molar-refractivity contribution in [3.63, 3.8) is 0 Å². The van der Waals surface area contributed by atoms with E-state index in [0.717, 1.165) is 11.0 Å². The van der Waals surface area contributed by atoms with Gasteiger partial charge in [-0.15, -0.1) is 0 Å². The Kier molecular flexibility index (Phi) is 5.32. The number of para-hydroxylation sites is 2. The molecule has 1 saturated heterocycles. The molecule has 0 spiro atoms. The first-order valence-electron chi connectivity index (χ1n) is 8.98. The Labute approximate surface area is 186 Å². The highest BCUT2D eigenvalue weighted by Gasteiger charge is 2.35. The van der Waals surface area contributed by atoms with Gasteiger partial charge >= 0.3 is 0 Å². The van der Waals surface area contributed by atoms with Gasteiger partial charge in [0, 0.05) is 0 Å². The molecule has 0 aliphatic carbocycles. The third-order valence-corrected chi connectivity index (χ3v) is 5.11. The maximum absolute atomic E-state index is 13.1. The van der Waals surface area contributed by atoms with Crippen molar-refractivity contribution in [3.05, 3.63) is 86.9 Å². The number of nitrogens with one attached hydrogen (secondary N) is 2. The summed E-state index contributed by atoms with van der Waals surface area (Å²) in [7, 11) is 0. The molecule has 31 heavy (non-hydrogen) atoms. The number of anilines is 1. The number of rotatable bonds is 3. The number of nitrogens with zero attached hydrogens (tertiary/aromatic N) is 2. The quantitative estimate of drug-likeness (QED) is 0.321. The lowest BCUT2D eigenvalue weighted by molar-refractivity contribution is -0.122. The van der Waals surface area contributed by atoms with Crippen molar-refractivity contribution in [2.45, 2.75) is 0 Å². The summed E-state index contributed by atoms with van der Waals surface area (Å²) in [4.78, 5) is 41.7. The number of hydrogen-bond donors (Lipinski definition) is 3. The molecule has 0 radical (unpaired) electrons. The average Bonchev–Trinajstić information content (AvgIpc) is 2.74. The normalized spacial score (nSPS) is 15.3. The van der Waals surface area contributed by atoms with E-state index in [2.05, 4.69) is 10.3 Å². The van der Waals surface area contributed by atoms with Crippen LogP contribution in [0.1, 0.15) is 5.56 Å². The molecule has 1 aromatic heterocycles. The molecule has 1 aliphatic rings. The van der Waals surface area contributed by atoms with Gasteiger partial charge < -0.3 is 5.11 Å². The van der Waals surface area contributed by atoms with Crippen LogP contribution in [0.25, 0.3) is 11.8 Å². The van der Waals surface area contributed by atoms with Gasteiger partial charge in [0.1, 0.15) is 11.1 Å². The van der Waals surface area contributed by atoms with Crippen LogP contribution in [0.4, 0.5) is 5.69 Å². The molecule has 0 atom stereocenters. The Bertz CT molecular complexity index is 1360. The van der Waals surface area contributed by atoms with E-state index >= 15 is 0 Å². The van der Waals surface area contributed by atoms with Crippen LogP contribution in [0.2, 0.25) is 0 Å². The summed E-state index contributed by atoms with van der Waals surface area (Å²) in [5.41, 5.74) is -0.469. The fourth-order valence-electron chi connectivity index (χ4n) is 3.10. The first-order valence-corrected chi connectivity index (χ1v) is 9.80. The number of thiocarbonyl (C=S) groups is 1. The van der Waals surface area contributed by atoms with Crippen LogP contribution in [0.3, 0.4) is 0 Å². The molecule has 0 unspecified atom stereocenters. The smallest absolute Gasteiger partial charge is 0.270 e. The van der Waals surface area contributed by atoms with Crippen LogP contribution in [0.5, 0.6) is 5.88 Å². The molecule has 0 saturated carbocycles. The molecule has 3 N–H and O–H groups in total. The van der Waals surface area contributed by atoms with Crippen molar-refractivity contribution in [1.82, 2.24) is 14.9 Å². The largest absolute Gasteiger partial charge is 0.494 e. The minimum atomic E-state index is -0.783. The highest BCUT2D eigenvalue weighted by Crippen LogP contribution is 2.25. The minimum Gasteiger partial charge on any atom is -0.494 e. The van der Waals surface area contributed by atoms with Gasteiger partial charge in [-0.1, -0.05) is 36.4 Å². The molecular weight excluding hydrogens is 436 g/mol. The molecule has 2 amide bonds. The molecule has 0 bridgehead atoms. The summed E-state index contributed by atoms with van der Waals surface area (Å²) in [5.74, 6) is -2.02. The Morgan fingerprint density at radius 2 is 1.45 bits per heavy atom. The standard InChI is InChI=1S/C21H14N4O4S2/c26-16-14(18(28)24(20(30)22-16)12-7-3-1-4-8-12)11-15-17(27)23-21(31)25(19(15)29)13-9-5-2-6-10-13/h1-11,28H,(H,22,26,30)(H,23,27,31). The molecule has 2 heterocycles. The van der Waals surface area contributed by atoms with E-state index in [4.69, 9.17) is 24.4 Å². The second-order valence-corrected chi connectivity index (χ2v) is 7.23. The first kappa shape index (κ1) is 20.4. The topological polar surface area (TPSA) is 107 Å². The van der Waals surface area contributed by atoms with Gasteiger partial charge in [-0.2, -0.15) is 0 Å². The summed E-state index contributed by atoms with van der Waals surface area (Å²) in [6, 6.07) is 17.1. The van der Waals surface area contributed by atoms with E-state index in [1.54, 1.807) is 60.7 Å². The van der Waals surface area contributed by atoms with Crippen molar-refractivity contribution in [3.8, 4) is 11.6 Å². The number of H-pyrrole nitrogens is 1. The number of amides is 2. The Morgan fingerprint density at radius 1 is 0.871 bits per heavy atom. The second kappa shape index (κ2) is 8.09. The summed E-state index contributed by atoms with van der Waals surface area (Å²) >= 11 is 10.3. The third kappa shape index (κ3) is 3.69. The highest BCUT2D eigenvalue weighted by molar-refractivity contribution is 7.80. The van der Waals surface area contributed by atoms with E-state index in [0.29, 0.717) is 11.4 Å². The fourth-order valence-corrected chi connectivity index (χ4v) is 3.66. The van der Waals surface area contributed by atoms with E-state index in [9.17, 15) is 19.5 Å². The Morgan fingerprint density at radius 3 is 2.06 bits per heavy atom. The summed E-state index contributed by atoms with van der Waals surface area (Å²) in [6.07, 6.45) is 1.03. The number of aromatic nitrogens is 2. The van der Waals surface area contributed by atoms with Crippen LogP contribution < -0.4 is 15.8 Å². The molecule has 3 aromatic rings. The number of aromatic amines is 1. The lowest BCUT2D eigenvalue weighted by atomic mass is 10.1. The molecule has 2 aromatic carbocycles. The zero-order valence-electron chi connectivity index (χ0n) is 15.7. The second-order valence-electron chi connectivity index (χ2n) is 6.46. The van der Waals surface area contributed by atoms with Gasteiger partial charge in [-0.05, 0) is 54.8 Å². The number of aromatic hydroxyl groups is 1. The predicted molar refractivity (Wildman–Crippen MR) is 122 cm³/mol. The van der Waals surface area contributed by atoms with Gasteiger partial charge in [0.05, 0.1) is 11.4 Å². The van der Waals surface area contributed by atoms with Gasteiger partial charge in [-0.3, -0.25) is 34.2 Å². The van der Waals surface area contributed by atoms with Crippen molar-refractivity contribution in [2.75, 3.05) is 4.90 Å². The summed E-state index contributed by atoms with van der Waals surface area (Å²) in [5, 5.41) is 13.1. The van der Waals surface area contributed by atoms with Crippen LogP contribution in [0, 0.1) is 4.77 Å². The maximum atomic E-state index is 13.1. The van der Waals surface area contributed by atoms with Gasteiger partial charge in [0.2, 0.25) is 5.88 Å². The Hall–Kier alpha value is -3.89. The summed E-state index contributed by atoms with van der Waals surface area (Å²) < 4.78 is 1.19. The van der Waals surface area contributed by atoms with Crippen molar-refractivity contribution >= 4 is 53.1 Å². The van der Waals surface area contributed by atoms with Crippen LogP contribution in [-0.2, 0) is 9.59 Å². The molecule has 1 fully saturated rings. The van der Waals surface area contributed by atoms with E-state index < -0.39 is 23.3 Å². The van der Waals surface area contributed by atoms with E-state index in [-0.39, 0.29) is 21.0 Å². The molecule has 1 aliphatic heterocycles. The third-order valence-electron chi connectivity index (χ3n) is 4.54. The Balaban J connectivity index is 1.87. The zero-order valence-corrected chi connectivity index (χ0v) is 17.4. The van der Waals surface area contributed by atoms with Crippen LogP contribution >= 0.6 is 24.4 Å². The van der Waals surface area contributed by atoms with Crippen molar-refractivity contribution < 1.29 is 14.7 Å². The van der Waals surface area contributed by atoms with Gasteiger partial charge in [0.25, 0.3) is 17.4 Å². The number of hydrogen-bond acceptors (Lipinski definition) is 6. The fraction of sp³-hybridized carbons (Fsp3) is 0. The number of carbonyl (C=O) groups is 2. The maximum Gasteiger partial charge on any atom is 0.270 e. The van der Waals surface area contributed by atoms with Crippen molar-refractivity contribution in [2.24, 2.45) is 0 Å². The molecule has 10 heteroatoms. The van der Waals surface area contributed by atoms with E-state index in [1.165, 1.54) is 4.57 Å². The highest BCUT2D eigenvalue weighted by atomic mass is 32.1. The van der Waals surface area contributed by atoms with Gasteiger partial charge in [0.15, 0.2) is 9.88 Å². The zero-order chi connectivity index (χ0) is 22.1. The molecule has 8 nitrogen and oxygen atoms in total. The minimum absolute atomic E-state index is 0.0395. The molecular formula is C21H14N4O4S2. The van der Waals surface area contributed by atoms with Crippen molar-refractivity contribution in [1.29, 1.82) is 0 Å². The number of benzene rings is 2. The average molecular weight is 451 g/mol. The molecule has 4 rings (SSSR count). The summed E-state index contributed by atoms with van der Waals surface area (Å²) in [6.45, 7) is 0. The van der Waals surface area contributed by atoms with Crippen LogP contribution in [-0.4, -0.2) is 31.6 Å². The van der Waals surface area contributed by atoms with Crippen LogP contribution in [0.15, 0.2) is 71.0 Å². The monoisotopic (exact) mass is 450 g/mol. The lowest BCUT2D eigenvalue weighted by Gasteiger charge is -2.28.